The van der Waals surface area contributed by atoms with Crippen molar-refractivity contribution in [3.8, 4) is 11.5 Å². The maximum atomic E-state index is 5.60. The Balaban J connectivity index is 1.56. The molecule has 112 valence electrons. The number of nitrogens with one attached hydrogen (secondary N) is 1. The number of hydrogen-bond donors (Lipinski definition) is 1. The van der Waals surface area contributed by atoms with E-state index in [2.05, 4.69) is 28.4 Å². The summed E-state index contributed by atoms with van der Waals surface area (Å²) in [6.45, 7) is 5.93. The lowest BCUT2D eigenvalue weighted by Crippen LogP contribution is -2.22. The van der Waals surface area contributed by atoms with Gasteiger partial charge >= 0.3 is 0 Å². The van der Waals surface area contributed by atoms with Crippen molar-refractivity contribution >= 4 is 0 Å². The first-order valence-electron chi connectivity index (χ1n) is 7.14. The summed E-state index contributed by atoms with van der Waals surface area (Å²) in [5.74, 6) is 2.97. The number of benzene rings is 1. The van der Waals surface area contributed by atoms with E-state index in [0.29, 0.717) is 24.9 Å². The standard InChI is InChI=1S/C15H19N3O3/c1-10(16-6-5-15-17-11(2)18-21-15)12-3-4-13-14(9-12)20-8-7-19-13/h3-4,9-10,16H,5-8H2,1-2H3. The predicted molar refractivity (Wildman–Crippen MR) is 76.6 cm³/mol. The molecule has 0 fully saturated rings. The summed E-state index contributed by atoms with van der Waals surface area (Å²) in [6, 6.07) is 6.26. The summed E-state index contributed by atoms with van der Waals surface area (Å²) >= 11 is 0. The molecule has 1 unspecified atom stereocenters. The third-order valence-corrected chi connectivity index (χ3v) is 3.43. The Morgan fingerprint density at radius 1 is 1.24 bits per heavy atom. The van der Waals surface area contributed by atoms with Crippen molar-refractivity contribution in [2.24, 2.45) is 0 Å². The van der Waals surface area contributed by atoms with Crippen LogP contribution in [0.3, 0.4) is 0 Å². The highest BCUT2D eigenvalue weighted by Crippen LogP contribution is 2.32. The Bertz CT molecular complexity index is 612. The molecule has 21 heavy (non-hydrogen) atoms. The summed E-state index contributed by atoms with van der Waals surface area (Å²) in [4.78, 5) is 4.18. The van der Waals surface area contributed by atoms with Gasteiger partial charge in [0.2, 0.25) is 5.89 Å². The molecule has 1 aromatic carbocycles. The van der Waals surface area contributed by atoms with Crippen LogP contribution in [0.2, 0.25) is 0 Å². The number of nitrogens with zero attached hydrogens (tertiary/aromatic N) is 2. The minimum absolute atomic E-state index is 0.213. The highest BCUT2D eigenvalue weighted by atomic mass is 16.6. The zero-order chi connectivity index (χ0) is 14.7. The lowest BCUT2D eigenvalue weighted by atomic mass is 10.1. The van der Waals surface area contributed by atoms with Crippen molar-refractivity contribution in [1.82, 2.24) is 15.5 Å². The van der Waals surface area contributed by atoms with Crippen molar-refractivity contribution in [3.63, 3.8) is 0 Å². The second-order valence-electron chi connectivity index (χ2n) is 5.06. The van der Waals surface area contributed by atoms with E-state index in [1.54, 1.807) is 0 Å². The monoisotopic (exact) mass is 289 g/mol. The Labute approximate surface area is 123 Å². The van der Waals surface area contributed by atoms with E-state index in [-0.39, 0.29) is 6.04 Å². The van der Waals surface area contributed by atoms with E-state index in [1.807, 2.05) is 19.1 Å². The second kappa shape index (κ2) is 6.13. The van der Waals surface area contributed by atoms with E-state index in [9.17, 15) is 0 Å². The fourth-order valence-electron chi connectivity index (χ4n) is 2.28. The molecule has 6 nitrogen and oxygen atoms in total. The van der Waals surface area contributed by atoms with Gasteiger partial charge in [-0.15, -0.1) is 0 Å². The fourth-order valence-corrected chi connectivity index (χ4v) is 2.28. The van der Waals surface area contributed by atoms with Gasteiger partial charge in [0.05, 0.1) is 0 Å². The second-order valence-corrected chi connectivity index (χ2v) is 5.06. The van der Waals surface area contributed by atoms with Crippen LogP contribution in [0.15, 0.2) is 22.7 Å². The van der Waals surface area contributed by atoms with Crippen LogP contribution in [-0.4, -0.2) is 29.9 Å². The van der Waals surface area contributed by atoms with Crippen LogP contribution in [0.5, 0.6) is 11.5 Å². The zero-order valence-corrected chi connectivity index (χ0v) is 12.3. The number of hydrogen-bond acceptors (Lipinski definition) is 6. The molecule has 1 aliphatic rings. The molecule has 0 aliphatic carbocycles. The summed E-state index contributed by atoms with van der Waals surface area (Å²) in [6.07, 6.45) is 0.718. The van der Waals surface area contributed by atoms with Crippen LogP contribution < -0.4 is 14.8 Å². The first kappa shape index (κ1) is 13.9. The molecule has 0 bridgehead atoms. The van der Waals surface area contributed by atoms with Crippen molar-refractivity contribution in [3.05, 3.63) is 35.5 Å². The van der Waals surface area contributed by atoms with E-state index in [4.69, 9.17) is 14.0 Å². The average molecular weight is 289 g/mol. The van der Waals surface area contributed by atoms with Crippen molar-refractivity contribution < 1.29 is 14.0 Å². The van der Waals surface area contributed by atoms with Crippen molar-refractivity contribution in [2.75, 3.05) is 19.8 Å². The largest absolute Gasteiger partial charge is 0.486 e. The van der Waals surface area contributed by atoms with Gasteiger partial charge in [0.1, 0.15) is 13.2 Å². The first-order chi connectivity index (χ1) is 10.2. The average Bonchev–Trinajstić information content (AvgIpc) is 2.92. The van der Waals surface area contributed by atoms with Crippen molar-refractivity contribution in [1.29, 1.82) is 0 Å². The van der Waals surface area contributed by atoms with E-state index in [0.717, 1.165) is 24.5 Å². The van der Waals surface area contributed by atoms with Gasteiger partial charge in [-0.2, -0.15) is 4.98 Å². The molecule has 0 spiro atoms. The molecule has 1 atom stereocenters. The first-order valence-corrected chi connectivity index (χ1v) is 7.14. The number of ether oxygens (including phenoxy) is 2. The molecular weight excluding hydrogens is 270 g/mol. The van der Waals surface area contributed by atoms with E-state index < -0.39 is 0 Å². The van der Waals surface area contributed by atoms with Crippen LogP contribution >= 0.6 is 0 Å². The van der Waals surface area contributed by atoms with Gasteiger partial charge in [-0.3, -0.25) is 0 Å². The SMILES string of the molecule is Cc1noc(CCNC(C)c2ccc3c(c2)OCCO3)n1. The molecule has 1 aromatic heterocycles. The summed E-state index contributed by atoms with van der Waals surface area (Å²) in [5, 5.41) is 7.22. The number of aryl methyl sites for hydroxylation is 1. The molecule has 0 saturated heterocycles. The van der Waals surface area contributed by atoms with Crippen LogP contribution in [0.25, 0.3) is 0 Å². The Kier molecular flexibility index (Phi) is 4.06. The Morgan fingerprint density at radius 2 is 2.05 bits per heavy atom. The molecule has 0 saturated carbocycles. The molecule has 1 N–H and O–H groups in total. The molecule has 3 rings (SSSR count). The molecule has 2 aromatic rings. The number of rotatable bonds is 5. The minimum atomic E-state index is 0.213. The van der Waals surface area contributed by atoms with E-state index >= 15 is 0 Å². The summed E-state index contributed by atoms with van der Waals surface area (Å²) in [7, 11) is 0. The fraction of sp³-hybridized carbons (Fsp3) is 0.467. The van der Waals surface area contributed by atoms with Crippen LogP contribution in [0.4, 0.5) is 0 Å². The van der Waals surface area contributed by atoms with Crippen LogP contribution in [-0.2, 0) is 6.42 Å². The van der Waals surface area contributed by atoms with Crippen LogP contribution in [0, 0.1) is 6.92 Å². The molecule has 0 amide bonds. The number of aromatic nitrogens is 2. The lowest BCUT2D eigenvalue weighted by Gasteiger charge is -2.21. The van der Waals surface area contributed by atoms with Crippen molar-refractivity contribution in [2.45, 2.75) is 26.3 Å². The third kappa shape index (κ3) is 3.33. The minimum Gasteiger partial charge on any atom is -0.486 e. The Hall–Kier alpha value is -2.08. The highest BCUT2D eigenvalue weighted by Gasteiger charge is 2.14. The quantitative estimate of drug-likeness (QED) is 0.908. The lowest BCUT2D eigenvalue weighted by molar-refractivity contribution is 0.171. The maximum Gasteiger partial charge on any atom is 0.227 e. The number of fused-ring (bicyclic) bond motifs is 1. The molecule has 6 heteroatoms. The maximum absolute atomic E-state index is 5.60. The molecular formula is C15H19N3O3. The highest BCUT2D eigenvalue weighted by molar-refractivity contribution is 5.44. The van der Waals surface area contributed by atoms with Gasteiger partial charge in [-0.1, -0.05) is 11.2 Å². The molecule has 0 radical (unpaired) electrons. The molecule has 1 aliphatic heterocycles. The van der Waals surface area contributed by atoms with Gasteiger partial charge < -0.3 is 19.3 Å². The topological polar surface area (TPSA) is 69.4 Å². The smallest absolute Gasteiger partial charge is 0.227 e. The van der Waals surface area contributed by atoms with Crippen LogP contribution in [0.1, 0.15) is 30.2 Å². The normalized spacial score (nSPS) is 15.0. The van der Waals surface area contributed by atoms with Gasteiger partial charge in [0.15, 0.2) is 17.3 Å². The predicted octanol–water partition coefficient (Wildman–Crippen LogP) is 2.04. The van der Waals surface area contributed by atoms with E-state index in [1.165, 1.54) is 5.56 Å². The van der Waals surface area contributed by atoms with Gasteiger partial charge in [-0.05, 0) is 31.5 Å². The summed E-state index contributed by atoms with van der Waals surface area (Å²) in [5.41, 5.74) is 1.17. The zero-order valence-electron chi connectivity index (χ0n) is 12.3. The third-order valence-electron chi connectivity index (χ3n) is 3.43. The Morgan fingerprint density at radius 3 is 2.81 bits per heavy atom. The van der Waals surface area contributed by atoms with Gasteiger partial charge in [0.25, 0.3) is 0 Å². The van der Waals surface area contributed by atoms with Gasteiger partial charge in [0, 0.05) is 19.0 Å². The summed E-state index contributed by atoms with van der Waals surface area (Å²) < 4.78 is 16.2. The molecule has 2 heterocycles. The van der Waals surface area contributed by atoms with Gasteiger partial charge in [-0.25, -0.2) is 0 Å².